The number of benzene rings is 2. The standard InChI is InChI=1S/C16H14BrClN2O3S/c1-10(24-14-6-4-13(5-7-14)20(22)23)16(21)19-9-11-2-3-12(17)8-15(11)18/h2-8,10H,9H2,1H3,(H,19,21). The number of hydrogen-bond acceptors (Lipinski definition) is 4. The molecule has 126 valence electrons. The summed E-state index contributed by atoms with van der Waals surface area (Å²) in [4.78, 5) is 23.2. The normalized spacial score (nSPS) is 11.8. The highest BCUT2D eigenvalue weighted by molar-refractivity contribution is 9.10. The lowest BCUT2D eigenvalue weighted by Gasteiger charge is -2.12. The minimum absolute atomic E-state index is 0.0290. The van der Waals surface area contributed by atoms with E-state index >= 15 is 0 Å². The van der Waals surface area contributed by atoms with E-state index < -0.39 is 4.92 Å². The van der Waals surface area contributed by atoms with Crippen molar-refractivity contribution < 1.29 is 9.72 Å². The van der Waals surface area contributed by atoms with Crippen molar-refractivity contribution in [2.24, 2.45) is 0 Å². The Labute approximate surface area is 157 Å². The van der Waals surface area contributed by atoms with Gasteiger partial charge in [0.15, 0.2) is 0 Å². The van der Waals surface area contributed by atoms with Crippen LogP contribution in [0, 0.1) is 10.1 Å². The zero-order valence-corrected chi connectivity index (χ0v) is 15.8. The smallest absolute Gasteiger partial charge is 0.269 e. The number of nitrogens with zero attached hydrogens (tertiary/aromatic N) is 1. The molecule has 1 atom stereocenters. The van der Waals surface area contributed by atoms with Crippen LogP contribution in [-0.4, -0.2) is 16.1 Å². The average molecular weight is 430 g/mol. The summed E-state index contributed by atoms with van der Waals surface area (Å²) in [6.07, 6.45) is 0. The molecule has 1 N–H and O–H groups in total. The second-order valence-electron chi connectivity index (χ2n) is 4.96. The van der Waals surface area contributed by atoms with Gasteiger partial charge >= 0.3 is 0 Å². The van der Waals surface area contributed by atoms with E-state index in [4.69, 9.17) is 11.6 Å². The molecule has 0 saturated heterocycles. The predicted octanol–water partition coefficient (Wildman–Crippen LogP) is 4.81. The third-order valence-electron chi connectivity index (χ3n) is 3.20. The van der Waals surface area contributed by atoms with E-state index in [1.165, 1.54) is 23.9 Å². The van der Waals surface area contributed by atoms with E-state index in [9.17, 15) is 14.9 Å². The van der Waals surface area contributed by atoms with Gasteiger partial charge in [-0.15, -0.1) is 11.8 Å². The molecule has 0 radical (unpaired) electrons. The maximum atomic E-state index is 12.2. The predicted molar refractivity (Wildman–Crippen MR) is 99.4 cm³/mol. The number of nitrogens with one attached hydrogen (secondary N) is 1. The molecule has 0 aliphatic carbocycles. The Balaban J connectivity index is 1.90. The molecule has 2 rings (SSSR count). The van der Waals surface area contributed by atoms with Gasteiger partial charge in [-0.3, -0.25) is 14.9 Å². The lowest BCUT2D eigenvalue weighted by molar-refractivity contribution is -0.384. The van der Waals surface area contributed by atoms with Crippen LogP contribution < -0.4 is 5.32 Å². The van der Waals surface area contributed by atoms with E-state index in [0.717, 1.165) is 14.9 Å². The summed E-state index contributed by atoms with van der Waals surface area (Å²) in [5.41, 5.74) is 0.863. The van der Waals surface area contributed by atoms with Gasteiger partial charge in [0.05, 0.1) is 10.2 Å². The molecule has 2 aromatic carbocycles. The summed E-state index contributed by atoms with van der Waals surface area (Å²) in [5, 5.41) is 13.7. The molecule has 0 aliphatic rings. The fraction of sp³-hybridized carbons (Fsp3) is 0.188. The van der Waals surface area contributed by atoms with E-state index in [-0.39, 0.29) is 16.8 Å². The Bertz CT molecular complexity index is 755. The molecule has 5 nitrogen and oxygen atoms in total. The van der Waals surface area contributed by atoms with Crippen LogP contribution in [0.3, 0.4) is 0 Å². The number of rotatable bonds is 6. The Kier molecular flexibility index (Phi) is 6.65. The molecule has 1 amide bonds. The van der Waals surface area contributed by atoms with Gasteiger partial charge in [-0.1, -0.05) is 33.6 Å². The number of non-ortho nitro benzene ring substituents is 1. The van der Waals surface area contributed by atoms with Crippen LogP contribution in [0.5, 0.6) is 0 Å². The largest absolute Gasteiger partial charge is 0.351 e. The summed E-state index contributed by atoms with van der Waals surface area (Å²) >= 11 is 10.8. The number of carbonyl (C=O) groups is 1. The minimum atomic E-state index is -0.452. The molecule has 0 aromatic heterocycles. The first-order valence-corrected chi connectivity index (χ1v) is 9.04. The van der Waals surface area contributed by atoms with Crippen molar-refractivity contribution in [3.8, 4) is 0 Å². The van der Waals surface area contributed by atoms with E-state index in [2.05, 4.69) is 21.2 Å². The Morgan fingerprint density at radius 1 is 1.33 bits per heavy atom. The Hall–Kier alpha value is -1.57. The van der Waals surface area contributed by atoms with Gasteiger partial charge in [0.25, 0.3) is 5.69 Å². The molecule has 0 heterocycles. The first-order chi connectivity index (χ1) is 11.4. The SMILES string of the molecule is CC(Sc1ccc([N+](=O)[O-])cc1)C(=O)NCc1ccc(Br)cc1Cl. The van der Waals surface area contributed by atoms with Gasteiger partial charge < -0.3 is 5.32 Å². The Morgan fingerprint density at radius 3 is 2.58 bits per heavy atom. The Morgan fingerprint density at radius 2 is 2.00 bits per heavy atom. The second-order valence-corrected chi connectivity index (χ2v) is 7.70. The third-order valence-corrected chi connectivity index (χ3v) is 5.15. The van der Waals surface area contributed by atoms with Crippen LogP contribution in [0.1, 0.15) is 12.5 Å². The van der Waals surface area contributed by atoms with Gasteiger partial charge in [-0.2, -0.15) is 0 Å². The van der Waals surface area contributed by atoms with Gasteiger partial charge in [0.2, 0.25) is 5.91 Å². The first-order valence-electron chi connectivity index (χ1n) is 6.99. The molecule has 8 heteroatoms. The first kappa shape index (κ1) is 18.8. The topological polar surface area (TPSA) is 72.2 Å². The summed E-state index contributed by atoms with van der Waals surface area (Å²) in [7, 11) is 0. The number of nitro groups is 1. The molecule has 0 saturated carbocycles. The van der Waals surface area contributed by atoms with E-state index in [1.807, 2.05) is 12.1 Å². The highest BCUT2D eigenvalue weighted by Gasteiger charge is 2.15. The van der Waals surface area contributed by atoms with Gasteiger partial charge in [0, 0.05) is 33.1 Å². The number of nitro benzene ring substituents is 1. The fourth-order valence-corrected chi connectivity index (χ4v) is 3.53. The second kappa shape index (κ2) is 8.50. The lowest BCUT2D eigenvalue weighted by Crippen LogP contribution is -2.30. The average Bonchev–Trinajstić information content (AvgIpc) is 2.54. The number of thioether (sulfide) groups is 1. The molecule has 24 heavy (non-hydrogen) atoms. The quantitative estimate of drug-likeness (QED) is 0.406. The van der Waals surface area contributed by atoms with Crippen LogP contribution in [0.25, 0.3) is 0 Å². The monoisotopic (exact) mass is 428 g/mol. The number of hydrogen-bond donors (Lipinski definition) is 1. The van der Waals surface area contributed by atoms with E-state index in [0.29, 0.717) is 11.6 Å². The molecular formula is C16H14BrClN2O3S. The van der Waals surface area contributed by atoms with Crippen molar-refractivity contribution in [2.75, 3.05) is 0 Å². The molecule has 0 spiro atoms. The summed E-state index contributed by atoms with van der Waals surface area (Å²) in [6, 6.07) is 11.6. The maximum absolute atomic E-state index is 12.2. The van der Waals surface area contributed by atoms with Gasteiger partial charge in [-0.25, -0.2) is 0 Å². The number of carbonyl (C=O) groups excluding carboxylic acids is 1. The molecule has 0 fully saturated rings. The third kappa shape index (κ3) is 5.22. The summed E-state index contributed by atoms with van der Waals surface area (Å²) in [5.74, 6) is -0.127. The van der Waals surface area contributed by atoms with Crippen LogP contribution in [0.2, 0.25) is 5.02 Å². The van der Waals surface area contributed by atoms with E-state index in [1.54, 1.807) is 25.1 Å². The molecule has 1 unspecified atom stereocenters. The van der Waals surface area contributed by atoms with Crippen molar-refractivity contribution in [3.05, 3.63) is 67.6 Å². The molecular weight excluding hydrogens is 416 g/mol. The maximum Gasteiger partial charge on any atom is 0.269 e. The van der Waals surface area contributed by atoms with Crippen molar-refractivity contribution in [3.63, 3.8) is 0 Å². The molecule has 0 aliphatic heterocycles. The van der Waals surface area contributed by atoms with Gasteiger partial charge in [-0.05, 0) is 36.8 Å². The zero-order valence-electron chi connectivity index (χ0n) is 12.7. The van der Waals surface area contributed by atoms with Gasteiger partial charge in [0.1, 0.15) is 0 Å². The van der Waals surface area contributed by atoms with Crippen molar-refractivity contribution in [2.45, 2.75) is 23.6 Å². The number of amides is 1. The molecule has 0 bridgehead atoms. The van der Waals surface area contributed by atoms with Crippen molar-refractivity contribution >= 4 is 50.9 Å². The van der Waals surface area contributed by atoms with Crippen LogP contribution >= 0.6 is 39.3 Å². The minimum Gasteiger partial charge on any atom is -0.351 e. The lowest BCUT2D eigenvalue weighted by atomic mass is 10.2. The highest BCUT2D eigenvalue weighted by atomic mass is 79.9. The fourth-order valence-electron chi connectivity index (χ4n) is 1.90. The van der Waals surface area contributed by atoms with Crippen LogP contribution in [-0.2, 0) is 11.3 Å². The van der Waals surface area contributed by atoms with Crippen molar-refractivity contribution in [1.29, 1.82) is 0 Å². The zero-order chi connectivity index (χ0) is 17.7. The highest BCUT2D eigenvalue weighted by Crippen LogP contribution is 2.26. The van der Waals surface area contributed by atoms with Crippen LogP contribution in [0.15, 0.2) is 51.8 Å². The van der Waals surface area contributed by atoms with Crippen LogP contribution in [0.4, 0.5) is 5.69 Å². The summed E-state index contributed by atoms with van der Waals surface area (Å²) < 4.78 is 0.879. The molecule has 2 aromatic rings. The number of halogens is 2. The summed E-state index contributed by atoms with van der Waals surface area (Å²) in [6.45, 7) is 2.13. The van der Waals surface area contributed by atoms with Crippen molar-refractivity contribution in [1.82, 2.24) is 5.32 Å².